The first kappa shape index (κ1) is 3.90. The molecular weight excluding hydrogens is 175 g/mol. The fourth-order valence-corrected chi connectivity index (χ4v) is 0. The smallest absolute Gasteiger partial charge is 0.0244 e. The highest BCUT2D eigenvalue weighted by molar-refractivity contribution is 14.1. The van der Waals surface area contributed by atoms with Gasteiger partial charge in [-0.3, -0.25) is 0 Å². The third kappa shape index (κ3) is 66.2. The van der Waals surface area contributed by atoms with Crippen LogP contribution in [0.1, 0.15) is 22.1 Å². The maximum Gasteiger partial charge on any atom is 0.0244 e. The van der Waals surface area contributed by atoms with E-state index >= 15 is 0 Å². The summed E-state index contributed by atoms with van der Waals surface area (Å²) in [6.07, 6.45) is 0. The van der Waals surface area contributed by atoms with Crippen molar-refractivity contribution in [3.05, 3.63) is 0 Å². The van der Waals surface area contributed by atoms with Crippen molar-refractivity contribution in [2.75, 3.05) is 0 Å². The molecule has 0 aliphatic heterocycles. The van der Waals surface area contributed by atoms with Gasteiger partial charge >= 0.3 is 0 Å². The van der Waals surface area contributed by atoms with Crippen molar-refractivity contribution in [1.82, 2.24) is 0 Å². The van der Waals surface area contributed by atoms with Gasteiger partial charge in [-0.15, -0.1) is 0 Å². The summed E-state index contributed by atoms with van der Waals surface area (Å²) in [5.74, 6) is 0. The molecule has 0 aliphatic carbocycles. The molecule has 0 atom stereocenters. The maximum atomic E-state index is 6.85. The fraction of sp³-hybridized carbons (Fsp3) is 1.00. The molecule has 0 amide bonds. The van der Waals surface area contributed by atoms with Crippen molar-refractivity contribution in [3.8, 4) is 0 Å². The van der Waals surface area contributed by atoms with Crippen LogP contribution in [0.4, 0.5) is 0 Å². The molecule has 32 valence electrons. The minimum atomic E-state index is 0.178. The van der Waals surface area contributed by atoms with E-state index in [0.29, 0.717) is 6.90 Å². The third-order valence-corrected chi connectivity index (χ3v) is 0. The average molecular weight is 185 g/mol. The number of rotatable bonds is 0. The quantitative estimate of drug-likeness (QED) is 0.401. The minimum Gasteiger partial charge on any atom is -0.0798 e. The lowest BCUT2D eigenvalue weighted by atomic mass is 10.3. The molecule has 0 saturated heterocycles. The van der Waals surface area contributed by atoms with Gasteiger partial charge in [-0.05, 0) is 0 Å². The molecule has 0 radical (unpaired) electrons. The summed E-state index contributed by atoms with van der Waals surface area (Å²) in [6, 6.07) is 0. The first-order valence-corrected chi connectivity index (χ1v) is 2.62. The van der Waals surface area contributed by atoms with Crippen LogP contribution < -0.4 is 0 Å². The van der Waals surface area contributed by atoms with Crippen LogP contribution in [0.5, 0.6) is 0 Å². The second kappa shape index (κ2) is 1.45. The second-order valence-corrected chi connectivity index (χ2v) is 4.64. The van der Waals surface area contributed by atoms with E-state index in [1.54, 1.807) is 0 Å². The Balaban J connectivity index is 3.17. The molecule has 0 aromatic carbocycles. The third-order valence-electron chi connectivity index (χ3n) is 0. The van der Waals surface area contributed by atoms with E-state index < -0.39 is 0 Å². The summed E-state index contributed by atoms with van der Waals surface area (Å²) in [5.41, 5.74) is 0. The number of alkyl halides is 1. The van der Waals surface area contributed by atoms with Crippen molar-refractivity contribution in [1.29, 1.82) is 0 Å². The molecule has 0 nitrogen and oxygen atoms in total. The van der Waals surface area contributed by atoms with Crippen LogP contribution in [0.3, 0.4) is 0 Å². The average Bonchev–Trinajstić information content (AvgIpc) is 1.35. The lowest BCUT2D eigenvalue weighted by Gasteiger charge is -2.02. The molecule has 0 unspecified atom stereocenters. The SMILES string of the molecule is [2H]CC(C)(C)I. The van der Waals surface area contributed by atoms with Crippen LogP contribution in [0, 0.1) is 0 Å². The zero-order chi connectivity index (χ0) is 5.21. The molecule has 0 spiro atoms. The van der Waals surface area contributed by atoms with E-state index in [1.807, 2.05) is 13.8 Å². The van der Waals surface area contributed by atoms with Gasteiger partial charge in [0.05, 0.1) is 0 Å². The molecular formula is C4H9I. The van der Waals surface area contributed by atoms with E-state index in [-0.39, 0.29) is 3.42 Å². The lowest BCUT2D eigenvalue weighted by Crippen LogP contribution is -1.97. The highest BCUT2D eigenvalue weighted by Crippen LogP contribution is 2.12. The summed E-state index contributed by atoms with van der Waals surface area (Å²) in [6.45, 7) is 4.59. The Kier molecular flexibility index (Phi) is 1.13. The summed E-state index contributed by atoms with van der Waals surface area (Å²) in [5, 5.41) is 0. The lowest BCUT2D eigenvalue weighted by molar-refractivity contribution is 0.847. The van der Waals surface area contributed by atoms with Gasteiger partial charge in [-0.1, -0.05) is 43.3 Å². The first-order chi connectivity index (χ1) is 2.56. The Labute approximate surface area is 48.5 Å². The predicted octanol–water partition coefficient (Wildman–Crippen LogP) is 2.22. The summed E-state index contributed by atoms with van der Waals surface area (Å²) in [7, 11) is 0. The normalized spacial score (nSPS) is 14.6. The molecule has 0 aromatic heterocycles. The summed E-state index contributed by atoms with van der Waals surface area (Å²) >= 11 is 2.25. The Morgan fingerprint density at radius 2 is 2.00 bits per heavy atom. The van der Waals surface area contributed by atoms with Crippen molar-refractivity contribution in [2.45, 2.75) is 24.2 Å². The predicted molar refractivity (Wildman–Crippen MR) is 33.8 cm³/mol. The number of hydrogen-bond donors (Lipinski definition) is 0. The Bertz CT molecular complexity index is 37.3. The van der Waals surface area contributed by atoms with Crippen molar-refractivity contribution in [2.24, 2.45) is 0 Å². The molecule has 0 fully saturated rings. The van der Waals surface area contributed by atoms with E-state index in [0.717, 1.165) is 0 Å². The molecule has 5 heavy (non-hydrogen) atoms. The fourth-order valence-electron chi connectivity index (χ4n) is 0. The van der Waals surface area contributed by atoms with Crippen LogP contribution in [0.25, 0.3) is 0 Å². The molecule has 0 rings (SSSR count). The number of halogens is 1. The van der Waals surface area contributed by atoms with E-state index in [4.69, 9.17) is 1.37 Å². The van der Waals surface area contributed by atoms with Crippen molar-refractivity contribution < 1.29 is 1.37 Å². The Morgan fingerprint density at radius 3 is 2.00 bits per heavy atom. The summed E-state index contributed by atoms with van der Waals surface area (Å²) < 4.78 is 7.02. The zero-order valence-electron chi connectivity index (χ0n) is 4.59. The van der Waals surface area contributed by atoms with Crippen LogP contribution in [0.2, 0.25) is 0 Å². The van der Waals surface area contributed by atoms with Gasteiger partial charge in [0.2, 0.25) is 0 Å². The minimum absolute atomic E-state index is 0.178. The first-order valence-electron chi connectivity index (χ1n) is 2.25. The zero-order valence-corrected chi connectivity index (χ0v) is 5.74. The van der Waals surface area contributed by atoms with E-state index in [1.165, 1.54) is 0 Å². The molecule has 1 heteroatoms. The molecule has 0 bridgehead atoms. The van der Waals surface area contributed by atoms with Gasteiger partial charge in [0.1, 0.15) is 0 Å². The standard InChI is InChI=1S/C4H9I/c1-4(2,3)5/h1-3H3/i1D. The molecule has 0 N–H and O–H groups in total. The van der Waals surface area contributed by atoms with Gasteiger partial charge in [0.15, 0.2) is 0 Å². The van der Waals surface area contributed by atoms with Gasteiger partial charge < -0.3 is 0 Å². The largest absolute Gasteiger partial charge is 0.0798 e. The molecule has 0 heterocycles. The molecule has 0 saturated carbocycles. The number of hydrogen-bond acceptors (Lipinski definition) is 0. The maximum absolute atomic E-state index is 6.85. The topological polar surface area (TPSA) is 0 Å². The highest BCUT2D eigenvalue weighted by atomic mass is 127. The summed E-state index contributed by atoms with van der Waals surface area (Å²) in [4.78, 5) is 0. The Morgan fingerprint density at radius 1 is 1.80 bits per heavy atom. The van der Waals surface area contributed by atoms with Gasteiger partial charge in [-0.25, -0.2) is 0 Å². The van der Waals surface area contributed by atoms with E-state index in [9.17, 15) is 0 Å². The van der Waals surface area contributed by atoms with Crippen LogP contribution in [-0.4, -0.2) is 3.42 Å². The Hall–Kier alpha value is 0.730. The van der Waals surface area contributed by atoms with Gasteiger partial charge in [0, 0.05) is 4.79 Å². The van der Waals surface area contributed by atoms with Gasteiger partial charge in [-0.2, -0.15) is 0 Å². The molecule has 0 aromatic rings. The van der Waals surface area contributed by atoms with Gasteiger partial charge in [0.25, 0.3) is 0 Å². The second-order valence-electron chi connectivity index (χ2n) is 1.72. The van der Waals surface area contributed by atoms with E-state index in [2.05, 4.69) is 22.6 Å². The van der Waals surface area contributed by atoms with Crippen LogP contribution >= 0.6 is 22.6 Å². The van der Waals surface area contributed by atoms with Crippen LogP contribution in [0.15, 0.2) is 0 Å². The van der Waals surface area contributed by atoms with Crippen molar-refractivity contribution >= 4 is 22.6 Å². The monoisotopic (exact) mass is 185 g/mol. The van der Waals surface area contributed by atoms with Crippen LogP contribution in [-0.2, 0) is 0 Å². The highest BCUT2D eigenvalue weighted by Gasteiger charge is 1.98. The molecule has 0 aliphatic rings. The van der Waals surface area contributed by atoms with Crippen molar-refractivity contribution in [3.63, 3.8) is 0 Å².